The number of amides is 4. The first-order chi connectivity index (χ1) is 24.0. The second-order valence-electron chi connectivity index (χ2n) is 12.1. The lowest BCUT2D eigenvalue weighted by molar-refractivity contribution is 0.0597. The van der Waals surface area contributed by atoms with Gasteiger partial charge in [0.15, 0.2) is 0 Å². The van der Waals surface area contributed by atoms with E-state index in [0.717, 1.165) is 28.6 Å². The highest BCUT2D eigenvalue weighted by Crippen LogP contribution is 2.35. The molecular formula is C37H42N6O6. The van der Waals surface area contributed by atoms with E-state index in [2.05, 4.69) is 21.3 Å². The summed E-state index contributed by atoms with van der Waals surface area (Å²) in [5, 5.41) is 25.3. The number of nitrogens with zero attached hydrogens (tertiary/aromatic N) is 2. The number of anilines is 2. The van der Waals surface area contributed by atoms with Gasteiger partial charge in [-0.05, 0) is 62.3 Å². The molecule has 12 nitrogen and oxygen atoms in total. The summed E-state index contributed by atoms with van der Waals surface area (Å²) in [4.78, 5) is 56.0. The van der Waals surface area contributed by atoms with E-state index in [-0.39, 0.29) is 43.3 Å². The Kier molecular flexibility index (Phi) is 10.8. The summed E-state index contributed by atoms with van der Waals surface area (Å²) in [5.74, 6) is -1.20. The summed E-state index contributed by atoms with van der Waals surface area (Å²) in [6.45, 7) is 4.56. The monoisotopic (exact) mass is 666 g/mol. The van der Waals surface area contributed by atoms with Crippen molar-refractivity contribution in [1.82, 2.24) is 20.4 Å². The van der Waals surface area contributed by atoms with Crippen LogP contribution < -0.4 is 21.3 Å². The molecule has 256 valence electrons. The lowest BCUT2D eigenvalue weighted by Crippen LogP contribution is -2.44. The average molecular weight is 667 g/mol. The standard InChI is InChI=1S/C37H42N6O6/c1-49-23-19-41-31-13-11-29-33-25(31)7-3-9-27(33)35(46)43(37(29)48)21-18-39-15-4-14-38-17-20-42-34(45)26-8-2-6-24-30(40-16-5-22-44)12-10-28(32(24)26)36(42)47/h2-3,6-13,38-41,44H,4-5,14-23H2,1H3. The van der Waals surface area contributed by atoms with Crippen molar-refractivity contribution in [1.29, 1.82) is 0 Å². The van der Waals surface area contributed by atoms with E-state index in [1.165, 1.54) is 9.80 Å². The van der Waals surface area contributed by atoms with E-state index >= 15 is 0 Å². The molecule has 4 aromatic carbocycles. The van der Waals surface area contributed by atoms with Crippen molar-refractivity contribution in [2.45, 2.75) is 12.8 Å². The van der Waals surface area contributed by atoms with Crippen LogP contribution >= 0.6 is 0 Å². The first-order valence-electron chi connectivity index (χ1n) is 16.8. The Morgan fingerprint density at radius 3 is 1.51 bits per heavy atom. The maximum atomic E-state index is 13.3. The summed E-state index contributed by atoms with van der Waals surface area (Å²) in [6.07, 6.45) is 1.37. The second-order valence-corrected chi connectivity index (χ2v) is 12.1. The molecule has 49 heavy (non-hydrogen) atoms. The molecule has 0 unspecified atom stereocenters. The van der Waals surface area contributed by atoms with Gasteiger partial charge in [-0.1, -0.05) is 24.3 Å². The summed E-state index contributed by atoms with van der Waals surface area (Å²) in [7, 11) is 1.64. The van der Waals surface area contributed by atoms with Gasteiger partial charge >= 0.3 is 0 Å². The zero-order valence-electron chi connectivity index (χ0n) is 27.6. The zero-order chi connectivity index (χ0) is 34.3. The molecule has 0 aromatic heterocycles. The number of aliphatic hydroxyl groups is 1. The third kappa shape index (κ3) is 6.86. The van der Waals surface area contributed by atoms with Crippen LogP contribution in [0, 0.1) is 0 Å². The van der Waals surface area contributed by atoms with Crippen molar-refractivity contribution in [3.63, 3.8) is 0 Å². The molecule has 0 spiro atoms. The molecular weight excluding hydrogens is 624 g/mol. The molecule has 0 bridgehead atoms. The van der Waals surface area contributed by atoms with E-state index in [9.17, 15) is 19.2 Å². The number of ether oxygens (including phenoxy) is 1. The number of aliphatic hydroxyl groups excluding tert-OH is 1. The van der Waals surface area contributed by atoms with Crippen molar-refractivity contribution in [3.8, 4) is 0 Å². The fraction of sp³-hybridized carbons (Fsp3) is 0.351. The van der Waals surface area contributed by atoms with Crippen LogP contribution in [0.3, 0.4) is 0 Å². The van der Waals surface area contributed by atoms with Crippen molar-refractivity contribution in [2.75, 3.05) is 83.3 Å². The molecule has 0 radical (unpaired) electrons. The van der Waals surface area contributed by atoms with Crippen LogP contribution in [-0.4, -0.2) is 111 Å². The number of carbonyl (C=O) groups is 4. The Labute approximate surface area is 284 Å². The Bertz CT molecular complexity index is 1720. The van der Waals surface area contributed by atoms with Crippen LogP contribution in [0.5, 0.6) is 0 Å². The van der Waals surface area contributed by atoms with E-state index in [1.54, 1.807) is 31.4 Å². The van der Waals surface area contributed by atoms with E-state index in [0.29, 0.717) is 85.3 Å². The summed E-state index contributed by atoms with van der Waals surface area (Å²) in [6, 6.07) is 18.3. The normalized spacial score (nSPS) is 14.0. The molecule has 0 fully saturated rings. The third-order valence-electron chi connectivity index (χ3n) is 8.99. The van der Waals surface area contributed by atoms with Crippen molar-refractivity contribution in [3.05, 3.63) is 82.9 Å². The fourth-order valence-electron chi connectivity index (χ4n) is 6.57. The smallest absolute Gasteiger partial charge is 0.261 e. The first kappa shape index (κ1) is 34.0. The van der Waals surface area contributed by atoms with E-state index in [1.807, 2.05) is 36.4 Å². The molecule has 4 aromatic rings. The SMILES string of the molecule is COCCNc1ccc2c3c(cccc13)C(=O)N(CCNCCCNCCN1C(=O)c3cccc4c(NCCCO)ccc(c34)C1=O)C2=O. The lowest BCUT2D eigenvalue weighted by Gasteiger charge is -2.28. The first-order valence-corrected chi connectivity index (χ1v) is 16.8. The number of benzene rings is 4. The number of rotatable bonds is 18. The van der Waals surface area contributed by atoms with Crippen molar-refractivity contribution < 1.29 is 29.0 Å². The van der Waals surface area contributed by atoms with Crippen LogP contribution in [0.25, 0.3) is 21.5 Å². The molecule has 6 rings (SSSR count). The number of nitrogens with one attached hydrogen (secondary N) is 4. The molecule has 2 heterocycles. The maximum Gasteiger partial charge on any atom is 0.261 e. The molecule has 2 aliphatic rings. The highest BCUT2D eigenvalue weighted by molar-refractivity contribution is 6.27. The van der Waals surface area contributed by atoms with Gasteiger partial charge in [0.1, 0.15) is 0 Å². The van der Waals surface area contributed by atoms with Gasteiger partial charge < -0.3 is 31.1 Å². The van der Waals surface area contributed by atoms with E-state index in [4.69, 9.17) is 9.84 Å². The number of imide groups is 2. The summed E-state index contributed by atoms with van der Waals surface area (Å²) >= 11 is 0. The summed E-state index contributed by atoms with van der Waals surface area (Å²) < 4.78 is 5.13. The molecule has 0 atom stereocenters. The quantitative estimate of drug-likeness (QED) is 0.0790. The molecule has 0 saturated heterocycles. The minimum atomic E-state index is -0.307. The molecule has 0 saturated carbocycles. The maximum absolute atomic E-state index is 13.3. The molecule has 4 amide bonds. The number of hydrogen-bond acceptors (Lipinski definition) is 10. The van der Waals surface area contributed by atoms with Crippen LogP contribution in [0.2, 0.25) is 0 Å². The minimum Gasteiger partial charge on any atom is -0.396 e. The predicted octanol–water partition coefficient (Wildman–Crippen LogP) is 3.31. The Morgan fingerprint density at radius 1 is 0.571 bits per heavy atom. The fourth-order valence-corrected chi connectivity index (χ4v) is 6.57. The highest BCUT2D eigenvalue weighted by Gasteiger charge is 2.34. The van der Waals surface area contributed by atoms with Gasteiger partial charge in [-0.3, -0.25) is 29.0 Å². The Hall–Kier alpha value is -4.88. The van der Waals surface area contributed by atoms with Gasteiger partial charge in [-0.25, -0.2) is 0 Å². The van der Waals surface area contributed by atoms with Crippen molar-refractivity contribution >= 4 is 56.5 Å². The van der Waals surface area contributed by atoms with Gasteiger partial charge in [0.05, 0.1) is 6.61 Å². The number of methoxy groups -OCH3 is 1. The number of hydrogen-bond donors (Lipinski definition) is 5. The largest absolute Gasteiger partial charge is 0.396 e. The third-order valence-corrected chi connectivity index (χ3v) is 8.99. The predicted molar refractivity (Wildman–Crippen MR) is 190 cm³/mol. The van der Waals surface area contributed by atoms with Crippen LogP contribution in [-0.2, 0) is 4.74 Å². The van der Waals surface area contributed by atoms with Crippen molar-refractivity contribution in [2.24, 2.45) is 0 Å². The molecule has 2 aliphatic heterocycles. The highest BCUT2D eigenvalue weighted by atomic mass is 16.5. The topological polar surface area (TPSA) is 152 Å². The van der Waals surface area contributed by atoms with Crippen LogP contribution in [0.4, 0.5) is 11.4 Å². The molecule has 12 heteroatoms. The molecule has 0 aliphatic carbocycles. The van der Waals surface area contributed by atoms with E-state index < -0.39 is 0 Å². The lowest BCUT2D eigenvalue weighted by atomic mass is 9.93. The minimum absolute atomic E-state index is 0.0807. The van der Waals surface area contributed by atoms with Gasteiger partial charge in [-0.15, -0.1) is 0 Å². The molecule has 5 N–H and O–H groups in total. The van der Waals surface area contributed by atoms with Gasteiger partial charge in [-0.2, -0.15) is 0 Å². The summed E-state index contributed by atoms with van der Waals surface area (Å²) in [5.41, 5.74) is 3.75. The number of carbonyl (C=O) groups excluding carboxylic acids is 4. The van der Waals surface area contributed by atoms with Gasteiger partial charge in [0, 0.05) is 108 Å². The average Bonchev–Trinajstić information content (AvgIpc) is 3.12. The Balaban J connectivity index is 0.948. The Morgan fingerprint density at radius 2 is 1.04 bits per heavy atom. The van der Waals surface area contributed by atoms with Gasteiger partial charge in [0.25, 0.3) is 23.6 Å². The van der Waals surface area contributed by atoms with Gasteiger partial charge in [0.2, 0.25) is 0 Å². The second kappa shape index (κ2) is 15.6. The van der Waals surface area contributed by atoms with Crippen LogP contribution in [0.1, 0.15) is 54.3 Å². The zero-order valence-corrected chi connectivity index (χ0v) is 27.6. The van der Waals surface area contributed by atoms with Crippen LogP contribution in [0.15, 0.2) is 60.7 Å².